The van der Waals surface area contributed by atoms with Gasteiger partial charge >= 0.3 is 0 Å². The summed E-state index contributed by atoms with van der Waals surface area (Å²) in [6.07, 6.45) is 1.53. The fourth-order valence-electron chi connectivity index (χ4n) is 4.84. The highest BCUT2D eigenvalue weighted by molar-refractivity contribution is 8.00. The van der Waals surface area contributed by atoms with Gasteiger partial charge in [-0.2, -0.15) is 0 Å². The highest BCUT2D eigenvalue weighted by Crippen LogP contribution is 2.38. The van der Waals surface area contributed by atoms with Crippen molar-refractivity contribution < 1.29 is 14.4 Å². The van der Waals surface area contributed by atoms with Crippen LogP contribution in [0.25, 0.3) is 17.3 Å². The molecule has 1 atom stereocenters. The molecule has 1 unspecified atom stereocenters. The summed E-state index contributed by atoms with van der Waals surface area (Å²) < 4.78 is 0. The number of anilines is 2. The molecule has 3 N–H and O–H groups in total. The molecule has 0 fully saturated rings. The number of hydrogen-bond donors (Lipinski definition) is 3. The van der Waals surface area contributed by atoms with Crippen molar-refractivity contribution in [1.29, 1.82) is 0 Å². The van der Waals surface area contributed by atoms with E-state index in [1.54, 1.807) is 72.8 Å². The molecule has 6 rings (SSSR count). The first-order chi connectivity index (χ1) is 24.3. The van der Waals surface area contributed by atoms with Gasteiger partial charge in [-0.25, -0.2) is 4.98 Å². The lowest BCUT2D eigenvalue weighted by molar-refractivity contribution is -0.116. The van der Waals surface area contributed by atoms with Gasteiger partial charge in [0.05, 0.1) is 5.69 Å². The van der Waals surface area contributed by atoms with E-state index < -0.39 is 17.1 Å². The molecule has 11 heteroatoms. The van der Waals surface area contributed by atoms with Crippen LogP contribution in [0.2, 0.25) is 10.0 Å². The summed E-state index contributed by atoms with van der Waals surface area (Å²) in [7, 11) is 0. The SMILES string of the molecule is O=C(Nc1ccc(SC(C(=O)Nc2nc(-c3ccccc3Cl)cs2)c2ccccc2)cc1)/C(=C/c1ccccc1Cl)NC(=O)c1ccccc1. The van der Waals surface area contributed by atoms with Crippen LogP contribution in [0.15, 0.2) is 149 Å². The predicted octanol–water partition coefficient (Wildman–Crippen LogP) is 10.00. The maximum atomic E-state index is 13.7. The number of benzene rings is 5. The van der Waals surface area contributed by atoms with Gasteiger partial charge in [0.1, 0.15) is 10.9 Å². The quantitative estimate of drug-likeness (QED) is 0.0909. The topological polar surface area (TPSA) is 100 Å². The molecule has 0 aliphatic carbocycles. The zero-order valence-electron chi connectivity index (χ0n) is 26.2. The normalized spacial score (nSPS) is 11.8. The molecule has 7 nitrogen and oxygen atoms in total. The summed E-state index contributed by atoms with van der Waals surface area (Å²) in [5.74, 6) is -1.20. The number of nitrogens with zero attached hydrogens (tertiary/aromatic N) is 1. The predicted molar refractivity (Wildman–Crippen MR) is 205 cm³/mol. The first kappa shape index (κ1) is 34.7. The molecule has 0 radical (unpaired) electrons. The Hall–Kier alpha value is -5.19. The number of hydrogen-bond acceptors (Lipinski definition) is 6. The molecule has 248 valence electrons. The number of carbonyl (C=O) groups excluding carboxylic acids is 3. The van der Waals surface area contributed by atoms with Crippen molar-refractivity contribution in [2.24, 2.45) is 0 Å². The van der Waals surface area contributed by atoms with Crippen molar-refractivity contribution >= 4 is 80.9 Å². The number of carbonyl (C=O) groups is 3. The van der Waals surface area contributed by atoms with Crippen LogP contribution in [0.3, 0.4) is 0 Å². The van der Waals surface area contributed by atoms with Gasteiger partial charge in [-0.1, -0.05) is 108 Å². The fourth-order valence-corrected chi connectivity index (χ4v) is 7.00. The average molecular weight is 736 g/mol. The van der Waals surface area contributed by atoms with Crippen LogP contribution in [0.4, 0.5) is 10.8 Å². The van der Waals surface area contributed by atoms with Gasteiger partial charge in [0.25, 0.3) is 11.8 Å². The number of rotatable bonds is 11. The summed E-state index contributed by atoms with van der Waals surface area (Å²) in [6, 6.07) is 39.7. The van der Waals surface area contributed by atoms with E-state index in [2.05, 4.69) is 20.9 Å². The minimum atomic E-state index is -0.595. The van der Waals surface area contributed by atoms with Gasteiger partial charge < -0.3 is 16.0 Å². The van der Waals surface area contributed by atoms with Gasteiger partial charge in [0.2, 0.25) is 5.91 Å². The van der Waals surface area contributed by atoms with Crippen LogP contribution in [-0.4, -0.2) is 22.7 Å². The second-order valence-electron chi connectivity index (χ2n) is 10.8. The number of thiazole rings is 1. The Bertz CT molecular complexity index is 2160. The van der Waals surface area contributed by atoms with Crippen molar-refractivity contribution in [3.05, 3.63) is 171 Å². The number of halogens is 2. The van der Waals surface area contributed by atoms with Crippen LogP contribution in [0, 0.1) is 0 Å². The molecule has 6 aromatic rings. The van der Waals surface area contributed by atoms with Crippen LogP contribution < -0.4 is 16.0 Å². The number of amides is 3. The third-order valence-corrected chi connectivity index (χ3v) is 10.0. The van der Waals surface area contributed by atoms with E-state index in [4.69, 9.17) is 23.2 Å². The molecule has 3 amide bonds. The molecule has 0 bridgehead atoms. The van der Waals surface area contributed by atoms with Crippen LogP contribution in [0.5, 0.6) is 0 Å². The van der Waals surface area contributed by atoms with E-state index in [-0.39, 0.29) is 11.6 Å². The van der Waals surface area contributed by atoms with Crippen LogP contribution >= 0.6 is 46.3 Å². The van der Waals surface area contributed by atoms with Crippen molar-refractivity contribution in [3.63, 3.8) is 0 Å². The smallest absolute Gasteiger partial charge is 0.272 e. The third-order valence-electron chi connectivity index (χ3n) is 7.32. The lowest BCUT2D eigenvalue weighted by Crippen LogP contribution is -2.30. The Balaban J connectivity index is 1.18. The molecule has 0 aliphatic heterocycles. The molecule has 5 aromatic carbocycles. The lowest BCUT2D eigenvalue weighted by Gasteiger charge is -2.17. The fraction of sp³-hybridized carbons (Fsp3) is 0.0256. The summed E-state index contributed by atoms with van der Waals surface area (Å²) in [4.78, 5) is 45.6. The van der Waals surface area contributed by atoms with Crippen molar-refractivity contribution in [2.45, 2.75) is 10.1 Å². The first-order valence-corrected chi connectivity index (χ1v) is 17.8. The molecule has 0 saturated carbocycles. The molecule has 0 aliphatic rings. The monoisotopic (exact) mass is 734 g/mol. The molecule has 0 spiro atoms. The van der Waals surface area contributed by atoms with Crippen molar-refractivity contribution in [1.82, 2.24) is 10.3 Å². The molecular formula is C39H28Cl2N4O3S2. The molecule has 1 heterocycles. The van der Waals surface area contributed by atoms with E-state index in [1.807, 2.05) is 66.0 Å². The molecule has 50 heavy (non-hydrogen) atoms. The van der Waals surface area contributed by atoms with E-state index in [0.717, 1.165) is 16.0 Å². The second-order valence-corrected chi connectivity index (χ2v) is 13.6. The van der Waals surface area contributed by atoms with Crippen molar-refractivity contribution in [2.75, 3.05) is 10.6 Å². The number of thioether (sulfide) groups is 1. The Morgan fingerprint density at radius 2 is 1.36 bits per heavy atom. The van der Waals surface area contributed by atoms with Crippen molar-refractivity contribution in [3.8, 4) is 11.3 Å². The average Bonchev–Trinajstić information content (AvgIpc) is 3.60. The van der Waals surface area contributed by atoms with E-state index in [0.29, 0.717) is 37.7 Å². The summed E-state index contributed by atoms with van der Waals surface area (Å²) in [5, 5.41) is 11.3. The van der Waals surface area contributed by atoms with Gasteiger partial charge in [0.15, 0.2) is 5.13 Å². The van der Waals surface area contributed by atoms with Gasteiger partial charge in [0, 0.05) is 37.1 Å². The van der Waals surface area contributed by atoms with E-state index in [1.165, 1.54) is 29.2 Å². The highest BCUT2D eigenvalue weighted by atomic mass is 35.5. The third kappa shape index (κ3) is 8.88. The zero-order chi connectivity index (χ0) is 34.9. The molecular weight excluding hydrogens is 707 g/mol. The largest absolute Gasteiger partial charge is 0.321 e. The van der Waals surface area contributed by atoms with Gasteiger partial charge in [-0.15, -0.1) is 23.1 Å². The number of nitrogens with one attached hydrogen (secondary N) is 3. The minimum Gasteiger partial charge on any atom is -0.321 e. The summed E-state index contributed by atoms with van der Waals surface area (Å²) in [6.45, 7) is 0. The first-order valence-electron chi connectivity index (χ1n) is 15.3. The van der Waals surface area contributed by atoms with Gasteiger partial charge in [-0.3, -0.25) is 14.4 Å². The maximum absolute atomic E-state index is 13.7. The Kier molecular flexibility index (Phi) is 11.4. The van der Waals surface area contributed by atoms with Crippen LogP contribution in [-0.2, 0) is 9.59 Å². The minimum absolute atomic E-state index is 0.0195. The molecule has 1 aromatic heterocycles. The second kappa shape index (κ2) is 16.5. The summed E-state index contributed by atoms with van der Waals surface area (Å²) in [5.41, 5.74) is 3.78. The Morgan fingerprint density at radius 3 is 2.06 bits per heavy atom. The maximum Gasteiger partial charge on any atom is 0.272 e. The Labute approximate surface area is 307 Å². The van der Waals surface area contributed by atoms with Gasteiger partial charge in [-0.05, 0) is 65.7 Å². The lowest BCUT2D eigenvalue weighted by atomic mass is 10.1. The summed E-state index contributed by atoms with van der Waals surface area (Å²) >= 11 is 15.4. The Morgan fingerprint density at radius 1 is 0.720 bits per heavy atom. The standard InChI is InChI=1S/C39H28Cl2N4O3S2/c40-31-17-9-7-15-27(31)23-33(43-36(46)26-13-5-2-6-14-26)37(47)42-28-19-21-29(22-20-28)50-35(25-11-3-1-4-12-25)38(48)45-39-44-34(24-49-39)30-16-8-10-18-32(30)41/h1-24,35H,(H,42,47)(H,43,46)(H,44,45,48)/b33-23-. The highest BCUT2D eigenvalue weighted by Gasteiger charge is 2.24. The van der Waals surface area contributed by atoms with Crippen LogP contribution in [0.1, 0.15) is 26.7 Å². The van der Waals surface area contributed by atoms with E-state index >= 15 is 0 Å². The zero-order valence-corrected chi connectivity index (χ0v) is 29.3. The number of aromatic nitrogens is 1. The van der Waals surface area contributed by atoms with E-state index in [9.17, 15) is 14.4 Å². The molecule has 0 saturated heterocycles.